The van der Waals surface area contributed by atoms with E-state index in [1.807, 2.05) is 6.07 Å². The van der Waals surface area contributed by atoms with Crippen LogP contribution in [-0.2, 0) is 6.54 Å². The van der Waals surface area contributed by atoms with Crippen LogP contribution in [0.15, 0.2) is 64.0 Å². The zero-order chi connectivity index (χ0) is 21.8. The number of nitrogens with zero attached hydrogens (tertiary/aromatic N) is 3. The summed E-state index contributed by atoms with van der Waals surface area (Å²) < 4.78 is 10.9. The van der Waals surface area contributed by atoms with Gasteiger partial charge in [0.25, 0.3) is 11.8 Å². The van der Waals surface area contributed by atoms with Gasteiger partial charge in [0.05, 0.1) is 24.6 Å². The molecule has 156 valence electrons. The lowest BCUT2D eigenvalue weighted by molar-refractivity contribution is 0.0944. The predicted molar refractivity (Wildman–Crippen MR) is 111 cm³/mol. The van der Waals surface area contributed by atoms with Gasteiger partial charge in [-0.15, -0.1) is 0 Å². The summed E-state index contributed by atoms with van der Waals surface area (Å²) in [7, 11) is 0. The Labute approximate surface area is 177 Å². The zero-order valence-corrected chi connectivity index (χ0v) is 16.9. The van der Waals surface area contributed by atoms with Gasteiger partial charge >= 0.3 is 0 Å². The van der Waals surface area contributed by atoms with Gasteiger partial charge in [0.15, 0.2) is 0 Å². The molecule has 4 rings (SSSR count). The lowest BCUT2D eigenvalue weighted by Crippen LogP contribution is -2.24. The fraction of sp³-hybridized carbons (Fsp3) is 0.136. The second-order valence-electron chi connectivity index (χ2n) is 6.72. The van der Waals surface area contributed by atoms with Gasteiger partial charge in [0.2, 0.25) is 5.89 Å². The summed E-state index contributed by atoms with van der Waals surface area (Å²) >= 11 is 0. The van der Waals surface area contributed by atoms with E-state index in [4.69, 9.17) is 8.83 Å². The number of rotatable bonds is 6. The maximum Gasteiger partial charge on any atom is 0.271 e. The van der Waals surface area contributed by atoms with Crippen molar-refractivity contribution in [3.05, 3.63) is 83.7 Å². The first kappa shape index (κ1) is 20.0. The van der Waals surface area contributed by atoms with Crippen molar-refractivity contribution in [2.45, 2.75) is 20.4 Å². The summed E-state index contributed by atoms with van der Waals surface area (Å²) in [5, 5.41) is 5.59. The molecular formula is C22H19N5O4. The molecule has 1 aromatic carbocycles. The molecule has 0 radical (unpaired) electrons. The van der Waals surface area contributed by atoms with Crippen LogP contribution in [0, 0.1) is 13.8 Å². The predicted octanol–water partition coefficient (Wildman–Crippen LogP) is 3.52. The molecule has 0 bridgehead atoms. The van der Waals surface area contributed by atoms with E-state index in [9.17, 15) is 9.59 Å². The van der Waals surface area contributed by atoms with Gasteiger partial charge < -0.3 is 19.5 Å². The molecule has 2 amide bonds. The Morgan fingerprint density at radius 1 is 1.06 bits per heavy atom. The third kappa shape index (κ3) is 4.50. The highest BCUT2D eigenvalue weighted by Crippen LogP contribution is 2.25. The molecule has 3 aromatic heterocycles. The number of aromatic nitrogens is 3. The third-order valence-corrected chi connectivity index (χ3v) is 4.58. The summed E-state index contributed by atoms with van der Waals surface area (Å²) in [6, 6.07) is 8.77. The molecule has 0 saturated carbocycles. The third-order valence-electron chi connectivity index (χ3n) is 4.58. The van der Waals surface area contributed by atoms with Crippen molar-refractivity contribution in [3.8, 4) is 11.5 Å². The van der Waals surface area contributed by atoms with Crippen LogP contribution in [0.3, 0.4) is 0 Å². The number of oxazole rings is 1. The maximum atomic E-state index is 12.4. The highest BCUT2D eigenvalue weighted by Gasteiger charge is 2.15. The lowest BCUT2D eigenvalue weighted by Gasteiger charge is -2.05. The summed E-state index contributed by atoms with van der Waals surface area (Å²) in [6.45, 7) is 3.68. The average Bonchev–Trinajstić information content (AvgIpc) is 3.38. The molecular weight excluding hydrogens is 398 g/mol. The van der Waals surface area contributed by atoms with Crippen molar-refractivity contribution in [3.63, 3.8) is 0 Å². The summed E-state index contributed by atoms with van der Waals surface area (Å²) in [5.41, 5.74) is 2.57. The Kier molecular flexibility index (Phi) is 5.57. The molecule has 0 unspecified atom stereocenters. The van der Waals surface area contributed by atoms with Crippen molar-refractivity contribution >= 4 is 17.5 Å². The van der Waals surface area contributed by atoms with Crippen molar-refractivity contribution in [1.29, 1.82) is 0 Å². The second kappa shape index (κ2) is 8.62. The zero-order valence-electron chi connectivity index (χ0n) is 16.9. The van der Waals surface area contributed by atoms with E-state index in [2.05, 4.69) is 25.6 Å². The van der Waals surface area contributed by atoms with Gasteiger partial charge in [-0.1, -0.05) is 6.07 Å². The Hall–Kier alpha value is -4.27. The first-order valence-electron chi connectivity index (χ1n) is 9.47. The molecule has 9 heteroatoms. The number of hydrogen-bond acceptors (Lipinski definition) is 7. The Bertz CT molecular complexity index is 1230. The number of nitrogens with one attached hydrogen (secondary N) is 2. The number of carbonyl (C=O) groups excluding carboxylic acids is 2. The van der Waals surface area contributed by atoms with Crippen LogP contribution in [0.25, 0.3) is 11.5 Å². The summed E-state index contributed by atoms with van der Waals surface area (Å²) in [4.78, 5) is 36.9. The second-order valence-corrected chi connectivity index (χ2v) is 6.72. The number of anilines is 1. The van der Waals surface area contributed by atoms with Gasteiger partial charge in [-0.05, 0) is 38.1 Å². The molecule has 4 aromatic rings. The number of furan rings is 1. The average molecular weight is 417 g/mol. The van der Waals surface area contributed by atoms with Crippen molar-refractivity contribution in [2.75, 3.05) is 5.32 Å². The number of carbonyl (C=O) groups is 2. The van der Waals surface area contributed by atoms with E-state index in [-0.39, 0.29) is 24.1 Å². The quantitative estimate of drug-likeness (QED) is 0.492. The van der Waals surface area contributed by atoms with E-state index >= 15 is 0 Å². The van der Waals surface area contributed by atoms with Crippen LogP contribution in [0.2, 0.25) is 0 Å². The summed E-state index contributed by atoms with van der Waals surface area (Å²) in [6.07, 6.45) is 5.81. The van der Waals surface area contributed by atoms with Crippen molar-refractivity contribution in [1.82, 2.24) is 20.3 Å². The number of aryl methyl sites for hydroxylation is 2. The minimum Gasteiger partial charge on any atom is -0.469 e. The number of amides is 2. The van der Waals surface area contributed by atoms with Crippen LogP contribution in [0.4, 0.5) is 5.69 Å². The van der Waals surface area contributed by atoms with Crippen LogP contribution < -0.4 is 10.6 Å². The summed E-state index contributed by atoms with van der Waals surface area (Å²) in [5.74, 6) is 0.899. The minimum atomic E-state index is -0.351. The normalized spacial score (nSPS) is 10.6. The van der Waals surface area contributed by atoms with Crippen LogP contribution >= 0.6 is 0 Å². The van der Waals surface area contributed by atoms with E-state index in [1.165, 1.54) is 24.9 Å². The lowest BCUT2D eigenvalue weighted by atomic mass is 10.2. The Morgan fingerprint density at radius 2 is 1.94 bits per heavy atom. The van der Waals surface area contributed by atoms with Crippen LogP contribution in [0.1, 0.15) is 38.1 Å². The molecule has 0 fully saturated rings. The van der Waals surface area contributed by atoms with E-state index in [1.54, 1.807) is 38.1 Å². The highest BCUT2D eigenvalue weighted by molar-refractivity contribution is 6.05. The Balaban J connectivity index is 1.46. The highest BCUT2D eigenvalue weighted by atomic mass is 16.4. The van der Waals surface area contributed by atoms with E-state index < -0.39 is 0 Å². The smallest absolute Gasteiger partial charge is 0.271 e. The van der Waals surface area contributed by atoms with Gasteiger partial charge in [-0.2, -0.15) is 0 Å². The minimum absolute atomic E-state index is 0.181. The number of hydrogen-bond donors (Lipinski definition) is 2. The van der Waals surface area contributed by atoms with Crippen LogP contribution in [0.5, 0.6) is 0 Å². The molecule has 0 spiro atoms. The molecule has 3 heterocycles. The molecule has 31 heavy (non-hydrogen) atoms. The topological polar surface area (TPSA) is 123 Å². The molecule has 2 N–H and O–H groups in total. The van der Waals surface area contributed by atoms with Gasteiger partial charge in [-0.25, -0.2) is 9.97 Å². The molecule has 0 atom stereocenters. The van der Waals surface area contributed by atoms with Gasteiger partial charge in [0.1, 0.15) is 22.9 Å². The first-order chi connectivity index (χ1) is 15.0. The van der Waals surface area contributed by atoms with Gasteiger partial charge in [-0.3, -0.25) is 14.6 Å². The molecule has 0 aliphatic heterocycles. The number of benzene rings is 1. The van der Waals surface area contributed by atoms with Crippen molar-refractivity contribution in [2.24, 2.45) is 0 Å². The molecule has 0 saturated heterocycles. The SMILES string of the molecule is Cc1occc1C(=O)Nc1cccc(-c2nc(CNC(=O)c3cnccn3)c(C)o2)c1. The first-order valence-corrected chi connectivity index (χ1v) is 9.47. The van der Waals surface area contributed by atoms with Gasteiger partial charge in [0, 0.05) is 23.6 Å². The van der Waals surface area contributed by atoms with E-state index in [0.29, 0.717) is 39.9 Å². The molecule has 0 aliphatic rings. The van der Waals surface area contributed by atoms with Crippen molar-refractivity contribution < 1.29 is 18.4 Å². The monoisotopic (exact) mass is 417 g/mol. The maximum absolute atomic E-state index is 12.4. The fourth-order valence-corrected chi connectivity index (χ4v) is 2.94. The van der Waals surface area contributed by atoms with E-state index in [0.717, 1.165) is 0 Å². The fourth-order valence-electron chi connectivity index (χ4n) is 2.94. The largest absolute Gasteiger partial charge is 0.469 e. The Morgan fingerprint density at radius 3 is 2.68 bits per heavy atom. The standard InChI is InChI=1S/C22H19N5O4/c1-13-17(6-9-30-13)20(28)26-16-5-3-4-15(10-16)22-27-18(14(2)31-22)12-25-21(29)19-11-23-7-8-24-19/h3-11H,12H2,1-2H3,(H,25,29)(H,26,28). The van der Waals surface area contributed by atoms with Crippen LogP contribution in [-0.4, -0.2) is 26.8 Å². The molecule has 0 aliphatic carbocycles. The molecule has 9 nitrogen and oxygen atoms in total.